The summed E-state index contributed by atoms with van der Waals surface area (Å²) in [5, 5.41) is 10.5. The zero-order chi connectivity index (χ0) is 6.57. The summed E-state index contributed by atoms with van der Waals surface area (Å²) in [6.45, 7) is 3.27. The van der Waals surface area contributed by atoms with Crippen LogP contribution in [0, 0.1) is 11.3 Å². The van der Waals surface area contributed by atoms with Gasteiger partial charge in [0.15, 0.2) is 5.11 Å². The highest BCUT2D eigenvalue weighted by molar-refractivity contribution is 7.80. The van der Waals surface area contributed by atoms with Gasteiger partial charge >= 0.3 is 0 Å². The molecule has 0 heterocycles. The first-order chi connectivity index (χ1) is 3.66. The van der Waals surface area contributed by atoms with E-state index >= 15 is 0 Å². The second kappa shape index (κ2) is 2.99. The lowest BCUT2D eigenvalue weighted by Gasteiger charge is -1.94. The van der Waals surface area contributed by atoms with Crippen LogP contribution in [0.3, 0.4) is 0 Å². The van der Waals surface area contributed by atoms with Crippen LogP contribution in [0.4, 0.5) is 0 Å². The molecule has 0 aliphatic rings. The maximum absolute atomic E-state index is 8.06. The van der Waals surface area contributed by atoms with Crippen molar-refractivity contribution in [3.05, 3.63) is 12.3 Å². The van der Waals surface area contributed by atoms with Gasteiger partial charge < -0.3 is 11.1 Å². The molecule has 0 saturated carbocycles. The number of nitriles is 1. The summed E-state index contributed by atoms with van der Waals surface area (Å²) >= 11 is 4.39. The topological polar surface area (TPSA) is 61.8 Å². The molecule has 0 bridgehead atoms. The zero-order valence-corrected chi connectivity index (χ0v) is 4.96. The predicted octanol–water partition coefficient (Wildman–Crippen LogP) is -0.143. The highest BCUT2D eigenvalue weighted by Crippen LogP contribution is 1.74. The molecule has 0 saturated heterocycles. The predicted molar refractivity (Wildman–Crippen MR) is 34.7 cm³/mol. The molecule has 0 rings (SSSR count). The Kier molecular flexibility index (Phi) is 2.59. The summed E-state index contributed by atoms with van der Waals surface area (Å²) in [6.07, 6.45) is 0. The van der Waals surface area contributed by atoms with Gasteiger partial charge in [-0.05, 0) is 12.2 Å². The fourth-order valence-electron chi connectivity index (χ4n) is 0.177. The molecule has 0 aromatic carbocycles. The van der Waals surface area contributed by atoms with Crippen molar-refractivity contribution in [3.63, 3.8) is 0 Å². The SMILES string of the molecule is C=C(C#N)NC(N)=S. The van der Waals surface area contributed by atoms with Crippen molar-refractivity contribution < 1.29 is 0 Å². The third kappa shape index (κ3) is 3.12. The van der Waals surface area contributed by atoms with Gasteiger partial charge in [0.2, 0.25) is 0 Å². The fourth-order valence-corrected chi connectivity index (χ4v) is 0.300. The largest absolute Gasteiger partial charge is 0.376 e. The zero-order valence-electron chi connectivity index (χ0n) is 4.14. The van der Waals surface area contributed by atoms with E-state index in [9.17, 15) is 0 Å². The Morgan fingerprint density at radius 1 is 1.88 bits per heavy atom. The Labute approximate surface area is 52.8 Å². The molecule has 0 atom stereocenters. The third-order valence-corrected chi connectivity index (χ3v) is 0.511. The van der Waals surface area contributed by atoms with Gasteiger partial charge in [0.05, 0.1) is 0 Å². The molecular formula is C4H5N3S. The molecule has 0 aromatic heterocycles. The molecule has 0 radical (unpaired) electrons. The molecule has 0 unspecified atom stereocenters. The van der Waals surface area contributed by atoms with Crippen molar-refractivity contribution in [2.75, 3.05) is 0 Å². The minimum atomic E-state index is 0.0663. The van der Waals surface area contributed by atoms with Crippen molar-refractivity contribution in [1.82, 2.24) is 5.32 Å². The first-order valence-electron chi connectivity index (χ1n) is 1.82. The molecule has 42 valence electrons. The van der Waals surface area contributed by atoms with Gasteiger partial charge in [0.25, 0.3) is 0 Å². The lowest BCUT2D eigenvalue weighted by molar-refractivity contribution is 1.20. The van der Waals surface area contributed by atoms with E-state index in [0.29, 0.717) is 0 Å². The molecule has 3 nitrogen and oxygen atoms in total. The summed E-state index contributed by atoms with van der Waals surface area (Å²) in [5.41, 5.74) is 5.14. The summed E-state index contributed by atoms with van der Waals surface area (Å²) in [7, 11) is 0. The minimum absolute atomic E-state index is 0.0663. The number of hydrogen-bond acceptors (Lipinski definition) is 2. The second-order valence-corrected chi connectivity index (χ2v) is 1.52. The summed E-state index contributed by atoms with van der Waals surface area (Å²) < 4.78 is 0. The van der Waals surface area contributed by atoms with Crippen molar-refractivity contribution in [3.8, 4) is 6.07 Å². The molecule has 3 N–H and O–H groups in total. The van der Waals surface area contributed by atoms with Crippen LogP contribution in [0.15, 0.2) is 12.3 Å². The van der Waals surface area contributed by atoms with Crippen LogP contribution < -0.4 is 11.1 Å². The van der Waals surface area contributed by atoms with E-state index in [1.165, 1.54) is 0 Å². The van der Waals surface area contributed by atoms with Crippen molar-refractivity contribution in [1.29, 1.82) is 5.26 Å². The molecule has 0 aliphatic carbocycles. The van der Waals surface area contributed by atoms with Crippen LogP contribution in [0.5, 0.6) is 0 Å². The van der Waals surface area contributed by atoms with E-state index in [1.807, 2.05) is 0 Å². The van der Waals surface area contributed by atoms with E-state index < -0.39 is 0 Å². The van der Waals surface area contributed by atoms with Crippen molar-refractivity contribution in [2.24, 2.45) is 5.73 Å². The number of rotatable bonds is 1. The number of allylic oxidation sites excluding steroid dienone is 1. The Morgan fingerprint density at radius 3 is 2.50 bits per heavy atom. The van der Waals surface area contributed by atoms with Crippen molar-refractivity contribution >= 4 is 17.3 Å². The maximum Gasteiger partial charge on any atom is 0.168 e. The number of hydrogen-bond donors (Lipinski definition) is 2. The van der Waals surface area contributed by atoms with Crippen LogP contribution in [0.25, 0.3) is 0 Å². The van der Waals surface area contributed by atoms with Gasteiger partial charge in [-0.15, -0.1) is 0 Å². The third-order valence-electron chi connectivity index (χ3n) is 0.409. The second-order valence-electron chi connectivity index (χ2n) is 1.08. The summed E-state index contributed by atoms with van der Waals surface area (Å²) in [5.74, 6) is 0. The van der Waals surface area contributed by atoms with E-state index in [2.05, 4.69) is 24.1 Å². The molecule has 4 heteroatoms. The normalized spacial score (nSPS) is 6.88. The average Bonchev–Trinajstić information content (AvgIpc) is 1.65. The van der Waals surface area contributed by atoms with E-state index in [4.69, 9.17) is 11.0 Å². The van der Waals surface area contributed by atoms with Crippen LogP contribution in [-0.4, -0.2) is 5.11 Å². The monoisotopic (exact) mass is 127 g/mol. The minimum Gasteiger partial charge on any atom is -0.376 e. The quantitative estimate of drug-likeness (QED) is 0.380. The van der Waals surface area contributed by atoms with Crippen molar-refractivity contribution in [2.45, 2.75) is 0 Å². The Hall–Kier alpha value is -1.08. The Morgan fingerprint density at radius 2 is 2.38 bits per heavy atom. The van der Waals surface area contributed by atoms with Gasteiger partial charge in [-0.2, -0.15) is 5.26 Å². The lowest BCUT2D eigenvalue weighted by Crippen LogP contribution is -2.27. The highest BCUT2D eigenvalue weighted by atomic mass is 32.1. The summed E-state index contributed by atoms with van der Waals surface area (Å²) in [4.78, 5) is 0. The van der Waals surface area contributed by atoms with Crippen LogP contribution in [0.1, 0.15) is 0 Å². The molecular weight excluding hydrogens is 122 g/mol. The van der Waals surface area contributed by atoms with Crippen LogP contribution in [-0.2, 0) is 0 Å². The number of nitrogens with one attached hydrogen (secondary N) is 1. The first kappa shape index (κ1) is 6.92. The lowest BCUT2D eigenvalue weighted by atomic mass is 10.6. The maximum atomic E-state index is 8.06. The Bertz CT molecular complexity index is 155. The summed E-state index contributed by atoms with van der Waals surface area (Å²) in [6, 6.07) is 1.72. The van der Waals surface area contributed by atoms with E-state index in [0.717, 1.165) is 0 Å². The van der Waals surface area contributed by atoms with E-state index in [1.54, 1.807) is 6.07 Å². The molecule has 0 aliphatic heterocycles. The van der Waals surface area contributed by atoms with Crippen LogP contribution in [0.2, 0.25) is 0 Å². The highest BCUT2D eigenvalue weighted by Gasteiger charge is 1.86. The van der Waals surface area contributed by atoms with Crippen LogP contribution >= 0.6 is 12.2 Å². The molecule has 0 fully saturated rings. The van der Waals surface area contributed by atoms with Gasteiger partial charge in [0, 0.05) is 0 Å². The van der Waals surface area contributed by atoms with Gasteiger partial charge in [-0.3, -0.25) is 0 Å². The first-order valence-corrected chi connectivity index (χ1v) is 2.23. The number of nitrogens with two attached hydrogens (primary N) is 1. The van der Waals surface area contributed by atoms with Gasteiger partial charge in [0.1, 0.15) is 11.8 Å². The van der Waals surface area contributed by atoms with E-state index in [-0.39, 0.29) is 10.8 Å². The molecule has 0 amide bonds. The number of thiocarbonyl (C=S) groups is 1. The molecule has 0 aromatic rings. The fraction of sp³-hybridized carbons (Fsp3) is 0. The smallest absolute Gasteiger partial charge is 0.168 e. The standard InChI is InChI=1S/C4H5N3S/c1-3(2-5)7-4(6)8/h1H2,(H3,6,7,8). The van der Waals surface area contributed by atoms with Gasteiger partial charge in [-0.25, -0.2) is 0 Å². The Balaban J connectivity index is 3.61. The number of nitrogens with zero attached hydrogens (tertiary/aromatic N) is 1. The van der Waals surface area contributed by atoms with Gasteiger partial charge in [-0.1, -0.05) is 6.58 Å². The average molecular weight is 127 g/mol. The molecule has 8 heavy (non-hydrogen) atoms. The molecule has 0 spiro atoms.